The Kier molecular flexibility index (Phi) is 7.41. The van der Waals surface area contributed by atoms with Gasteiger partial charge in [0.15, 0.2) is 0 Å². The van der Waals surface area contributed by atoms with E-state index < -0.39 is 16.0 Å². The molecule has 24 heavy (non-hydrogen) atoms. The number of nitrogens with one attached hydrogen (secondary N) is 1. The Balaban J connectivity index is 2.83. The van der Waals surface area contributed by atoms with Crippen LogP contribution in [0.15, 0.2) is 65.1 Å². The number of ether oxygens (including phenoxy) is 2. The summed E-state index contributed by atoms with van der Waals surface area (Å²) in [4.78, 5) is 11.4. The Hall–Kier alpha value is -2.38. The Bertz CT molecular complexity index is 746. The minimum Gasteiger partial charge on any atom is -0.497 e. The summed E-state index contributed by atoms with van der Waals surface area (Å²) in [6, 6.07) is 6.06. The van der Waals surface area contributed by atoms with E-state index in [9.17, 15) is 13.2 Å². The van der Waals surface area contributed by atoms with E-state index in [1.165, 1.54) is 32.4 Å². The molecule has 0 atom stereocenters. The van der Waals surface area contributed by atoms with E-state index in [-0.39, 0.29) is 11.4 Å². The van der Waals surface area contributed by atoms with Crippen molar-refractivity contribution in [3.63, 3.8) is 0 Å². The fraction of sp³-hybridized carbons (Fsp3) is 0.235. The minimum atomic E-state index is -3.66. The zero-order chi connectivity index (χ0) is 18.2. The lowest BCUT2D eigenvalue weighted by Gasteiger charge is -2.08. The fourth-order valence-electron chi connectivity index (χ4n) is 1.68. The molecule has 0 aromatic heterocycles. The summed E-state index contributed by atoms with van der Waals surface area (Å²) >= 11 is 0. The van der Waals surface area contributed by atoms with Gasteiger partial charge in [0.2, 0.25) is 10.0 Å². The minimum absolute atomic E-state index is 0.0445. The molecule has 0 radical (unpaired) electrons. The summed E-state index contributed by atoms with van der Waals surface area (Å²) in [5.74, 6) is 0.123. The highest BCUT2D eigenvalue weighted by Gasteiger charge is 2.13. The molecular weight excluding hydrogens is 330 g/mol. The van der Waals surface area contributed by atoms with Gasteiger partial charge in [0.1, 0.15) is 5.75 Å². The molecule has 0 spiro atoms. The van der Waals surface area contributed by atoms with Gasteiger partial charge in [0.25, 0.3) is 0 Å². The highest BCUT2D eigenvalue weighted by Crippen LogP contribution is 2.15. The van der Waals surface area contributed by atoms with Crippen molar-refractivity contribution >= 4 is 16.0 Å². The molecule has 1 N–H and O–H groups in total. The van der Waals surface area contributed by atoms with Gasteiger partial charge in [-0.2, -0.15) is 0 Å². The zero-order valence-electron chi connectivity index (χ0n) is 13.9. The summed E-state index contributed by atoms with van der Waals surface area (Å²) < 4.78 is 36.5. The quantitative estimate of drug-likeness (QED) is 0.441. The van der Waals surface area contributed by atoms with Crippen LogP contribution in [0.5, 0.6) is 5.75 Å². The first-order chi connectivity index (χ1) is 11.3. The number of esters is 1. The standard InChI is InChI=1S/C17H21NO5S/c1-5-14(7-6-13(2)17(19)23-4)12-18-24(20,21)16-10-8-15(22-3)9-11-16/h5-11,18H,1,12H2,2-4H3/b13-6+,14-7+. The number of hydrogen-bond acceptors (Lipinski definition) is 5. The summed E-state index contributed by atoms with van der Waals surface area (Å²) in [5, 5.41) is 0. The third-order valence-corrected chi connectivity index (χ3v) is 4.57. The molecule has 0 aliphatic rings. The molecule has 0 aliphatic heterocycles. The van der Waals surface area contributed by atoms with Crippen LogP contribution >= 0.6 is 0 Å². The van der Waals surface area contributed by atoms with E-state index in [0.717, 1.165) is 0 Å². The molecule has 0 bridgehead atoms. The second-order valence-corrected chi connectivity index (χ2v) is 6.55. The molecule has 0 saturated carbocycles. The first-order valence-corrected chi connectivity index (χ1v) is 8.54. The van der Waals surface area contributed by atoms with Crippen molar-refractivity contribution in [1.82, 2.24) is 4.72 Å². The average Bonchev–Trinajstić information content (AvgIpc) is 2.60. The van der Waals surface area contributed by atoms with Gasteiger partial charge in [-0.3, -0.25) is 0 Å². The van der Waals surface area contributed by atoms with Crippen molar-refractivity contribution < 1.29 is 22.7 Å². The van der Waals surface area contributed by atoms with Gasteiger partial charge in [-0.1, -0.05) is 24.8 Å². The molecular formula is C17H21NO5S. The van der Waals surface area contributed by atoms with Gasteiger partial charge >= 0.3 is 5.97 Å². The second-order valence-electron chi connectivity index (χ2n) is 4.79. The van der Waals surface area contributed by atoms with Crippen LogP contribution < -0.4 is 9.46 Å². The van der Waals surface area contributed by atoms with Gasteiger partial charge < -0.3 is 9.47 Å². The SMILES string of the molecule is C=C/C(=C\C=C(/C)C(=O)OC)CNS(=O)(=O)c1ccc(OC)cc1. The number of methoxy groups -OCH3 is 2. The van der Waals surface area contributed by atoms with Crippen LogP contribution in [0.25, 0.3) is 0 Å². The molecule has 0 aliphatic carbocycles. The maximum atomic E-state index is 12.2. The number of benzene rings is 1. The van der Waals surface area contributed by atoms with Crippen LogP contribution in [0, 0.1) is 0 Å². The van der Waals surface area contributed by atoms with Crippen LogP contribution in [0.4, 0.5) is 0 Å². The summed E-state index contributed by atoms with van der Waals surface area (Å²) in [5.41, 5.74) is 1.00. The number of hydrogen-bond donors (Lipinski definition) is 1. The largest absolute Gasteiger partial charge is 0.497 e. The number of rotatable bonds is 8. The smallest absolute Gasteiger partial charge is 0.333 e. The molecule has 1 rings (SSSR count). The number of allylic oxidation sites excluding steroid dienone is 2. The van der Waals surface area contributed by atoms with E-state index in [4.69, 9.17) is 4.74 Å². The van der Waals surface area contributed by atoms with Crippen molar-refractivity contribution in [3.05, 3.63) is 60.2 Å². The summed E-state index contributed by atoms with van der Waals surface area (Å²) in [6.45, 7) is 5.28. The van der Waals surface area contributed by atoms with Crippen LogP contribution in [-0.4, -0.2) is 35.2 Å². The zero-order valence-corrected chi connectivity index (χ0v) is 14.7. The third-order valence-electron chi connectivity index (χ3n) is 3.15. The number of sulfonamides is 1. The Morgan fingerprint density at radius 1 is 1.21 bits per heavy atom. The third kappa shape index (κ3) is 5.68. The topological polar surface area (TPSA) is 81.7 Å². The van der Waals surface area contributed by atoms with Crippen LogP contribution in [0.3, 0.4) is 0 Å². The maximum absolute atomic E-state index is 12.2. The van der Waals surface area contributed by atoms with Gasteiger partial charge in [-0.25, -0.2) is 17.9 Å². The van der Waals surface area contributed by atoms with Crippen LogP contribution in [0.2, 0.25) is 0 Å². The lowest BCUT2D eigenvalue weighted by Crippen LogP contribution is -2.25. The van der Waals surface area contributed by atoms with E-state index in [1.807, 2.05) is 0 Å². The average molecular weight is 351 g/mol. The first kappa shape index (κ1) is 19.7. The molecule has 0 saturated heterocycles. The maximum Gasteiger partial charge on any atom is 0.333 e. The predicted octanol–water partition coefficient (Wildman–Crippen LogP) is 2.21. The fourth-order valence-corrected chi connectivity index (χ4v) is 2.69. The van der Waals surface area contributed by atoms with E-state index in [1.54, 1.807) is 31.2 Å². The molecule has 130 valence electrons. The van der Waals surface area contributed by atoms with Crippen molar-refractivity contribution in [3.8, 4) is 5.75 Å². The number of carbonyl (C=O) groups is 1. The first-order valence-electron chi connectivity index (χ1n) is 7.06. The van der Waals surface area contributed by atoms with Crippen LogP contribution in [0.1, 0.15) is 6.92 Å². The lowest BCUT2D eigenvalue weighted by molar-refractivity contribution is -0.136. The Morgan fingerprint density at radius 2 is 1.83 bits per heavy atom. The molecule has 0 unspecified atom stereocenters. The van der Waals surface area contributed by atoms with Gasteiger partial charge in [-0.15, -0.1) is 0 Å². The molecule has 1 aromatic carbocycles. The Morgan fingerprint density at radius 3 is 2.33 bits per heavy atom. The number of carbonyl (C=O) groups excluding carboxylic acids is 1. The van der Waals surface area contributed by atoms with Crippen LogP contribution in [-0.2, 0) is 19.6 Å². The van der Waals surface area contributed by atoms with Crippen molar-refractivity contribution in [2.24, 2.45) is 0 Å². The molecule has 7 heteroatoms. The normalized spacial score (nSPS) is 12.6. The summed E-state index contributed by atoms with van der Waals surface area (Å²) in [6.07, 6.45) is 4.66. The molecule has 0 heterocycles. The lowest BCUT2D eigenvalue weighted by atomic mass is 10.2. The van der Waals surface area contributed by atoms with E-state index in [0.29, 0.717) is 16.9 Å². The van der Waals surface area contributed by atoms with E-state index >= 15 is 0 Å². The Labute approximate surface area is 142 Å². The van der Waals surface area contributed by atoms with E-state index in [2.05, 4.69) is 16.0 Å². The predicted molar refractivity (Wildman–Crippen MR) is 92.2 cm³/mol. The highest BCUT2D eigenvalue weighted by molar-refractivity contribution is 7.89. The monoisotopic (exact) mass is 351 g/mol. The molecule has 6 nitrogen and oxygen atoms in total. The molecule has 0 fully saturated rings. The van der Waals surface area contributed by atoms with Crippen molar-refractivity contribution in [1.29, 1.82) is 0 Å². The van der Waals surface area contributed by atoms with Crippen molar-refractivity contribution in [2.75, 3.05) is 20.8 Å². The van der Waals surface area contributed by atoms with Gasteiger partial charge in [0, 0.05) is 12.1 Å². The van der Waals surface area contributed by atoms with Crippen molar-refractivity contribution in [2.45, 2.75) is 11.8 Å². The molecule has 0 amide bonds. The highest BCUT2D eigenvalue weighted by atomic mass is 32.2. The van der Waals surface area contributed by atoms with Gasteiger partial charge in [0.05, 0.1) is 19.1 Å². The summed E-state index contributed by atoms with van der Waals surface area (Å²) in [7, 11) is -0.857. The van der Waals surface area contributed by atoms with Gasteiger partial charge in [-0.05, 0) is 36.8 Å². The molecule has 1 aromatic rings. The second kappa shape index (κ2) is 9.05.